The summed E-state index contributed by atoms with van der Waals surface area (Å²) in [5, 5.41) is 0.440. The van der Waals surface area contributed by atoms with E-state index in [1.165, 1.54) is 6.33 Å². The van der Waals surface area contributed by atoms with Gasteiger partial charge in [0, 0.05) is 18.7 Å². The van der Waals surface area contributed by atoms with Crippen LogP contribution in [0.1, 0.15) is 18.9 Å². The largest absolute Gasteiger partial charge is 0.355 e. The van der Waals surface area contributed by atoms with Gasteiger partial charge in [-0.25, -0.2) is 18.4 Å². The summed E-state index contributed by atoms with van der Waals surface area (Å²) in [6.07, 6.45) is 2.78. The van der Waals surface area contributed by atoms with Crippen LogP contribution in [0.4, 0.5) is 5.82 Å². The molecule has 0 amide bonds. The minimum atomic E-state index is -2.90. The summed E-state index contributed by atoms with van der Waals surface area (Å²) >= 11 is 6.04. The van der Waals surface area contributed by atoms with Gasteiger partial charge in [-0.2, -0.15) is 0 Å². The summed E-state index contributed by atoms with van der Waals surface area (Å²) in [4.78, 5) is 10.1. The number of sulfone groups is 1. The van der Waals surface area contributed by atoms with Crippen molar-refractivity contribution in [3.8, 4) is 0 Å². The Bertz CT molecular complexity index is 547. The molecule has 1 aromatic rings. The van der Waals surface area contributed by atoms with Gasteiger partial charge in [-0.05, 0) is 12.8 Å². The van der Waals surface area contributed by atoms with Crippen molar-refractivity contribution in [1.29, 1.82) is 0 Å². The Morgan fingerprint density at radius 3 is 2.78 bits per heavy atom. The van der Waals surface area contributed by atoms with Gasteiger partial charge in [0.25, 0.3) is 0 Å². The summed E-state index contributed by atoms with van der Waals surface area (Å²) in [6.45, 7) is 1.98. The molecule has 0 N–H and O–H groups in total. The van der Waals surface area contributed by atoms with Gasteiger partial charge < -0.3 is 4.90 Å². The molecule has 2 rings (SSSR count). The number of aromatic nitrogens is 2. The first-order chi connectivity index (χ1) is 8.44. The molecule has 0 aromatic carbocycles. The molecule has 0 radical (unpaired) electrons. The fourth-order valence-electron chi connectivity index (χ4n) is 2.24. The summed E-state index contributed by atoms with van der Waals surface area (Å²) in [6, 6.07) is -0.0220. The first-order valence-corrected chi connectivity index (χ1v) is 8.07. The molecule has 0 aliphatic carbocycles. The van der Waals surface area contributed by atoms with E-state index in [1.807, 2.05) is 18.9 Å². The Hall–Kier alpha value is -0.880. The molecule has 1 fully saturated rings. The zero-order valence-corrected chi connectivity index (χ0v) is 12.0. The molecule has 0 bridgehead atoms. The molecule has 1 atom stereocenters. The Balaban J connectivity index is 2.29. The molecule has 0 saturated carbocycles. The first-order valence-electron chi connectivity index (χ1n) is 5.87. The highest BCUT2D eigenvalue weighted by molar-refractivity contribution is 7.91. The van der Waals surface area contributed by atoms with E-state index in [2.05, 4.69) is 9.97 Å². The molecule has 1 aliphatic heterocycles. The Kier molecular flexibility index (Phi) is 3.77. The predicted molar refractivity (Wildman–Crippen MR) is 71.9 cm³/mol. The van der Waals surface area contributed by atoms with Crippen LogP contribution in [0, 0.1) is 0 Å². The number of hydrogen-bond donors (Lipinski definition) is 0. The second kappa shape index (κ2) is 5.01. The third-order valence-corrected chi connectivity index (χ3v) is 5.39. The van der Waals surface area contributed by atoms with Crippen LogP contribution in [0.2, 0.25) is 5.15 Å². The Morgan fingerprint density at radius 1 is 1.50 bits per heavy atom. The van der Waals surface area contributed by atoms with Crippen LogP contribution < -0.4 is 4.90 Å². The topological polar surface area (TPSA) is 63.2 Å². The van der Waals surface area contributed by atoms with Crippen LogP contribution in [0.3, 0.4) is 0 Å². The number of rotatable bonds is 3. The van der Waals surface area contributed by atoms with Crippen molar-refractivity contribution in [2.24, 2.45) is 0 Å². The predicted octanol–water partition coefficient (Wildman–Crippen LogP) is 1.32. The molecule has 1 saturated heterocycles. The minimum Gasteiger partial charge on any atom is -0.355 e. The number of nitrogens with zero attached hydrogens (tertiary/aromatic N) is 3. The normalized spacial score (nSPS) is 22.1. The highest BCUT2D eigenvalue weighted by Crippen LogP contribution is 2.27. The van der Waals surface area contributed by atoms with Crippen LogP contribution in [0.5, 0.6) is 0 Å². The van der Waals surface area contributed by atoms with Crippen molar-refractivity contribution in [2.75, 3.05) is 23.5 Å². The molecule has 5 nitrogen and oxygen atoms in total. The number of anilines is 1. The van der Waals surface area contributed by atoms with Gasteiger partial charge in [0.15, 0.2) is 9.84 Å². The molecule has 2 heterocycles. The lowest BCUT2D eigenvalue weighted by molar-refractivity contribution is 0.600. The van der Waals surface area contributed by atoms with Crippen molar-refractivity contribution in [1.82, 2.24) is 9.97 Å². The van der Waals surface area contributed by atoms with E-state index in [0.29, 0.717) is 11.6 Å². The lowest BCUT2D eigenvalue weighted by Gasteiger charge is -2.26. The maximum absolute atomic E-state index is 11.5. The van der Waals surface area contributed by atoms with Crippen molar-refractivity contribution < 1.29 is 8.42 Å². The smallest absolute Gasteiger partial charge is 0.152 e. The minimum absolute atomic E-state index is 0.0220. The fourth-order valence-corrected chi connectivity index (χ4v) is 4.28. The van der Waals surface area contributed by atoms with Crippen LogP contribution in [-0.4, -0.2) is 43.0 Å². The van der Waals surface area contributed by atoms with E-state index in [4.69, 9.17) is 11.6 Å². The lowest BCUT2D eigenvalue weighted by Crippen LogP contribution is -2.34. The zero-order valence-electron chi connectivity index (χ0n) is 10.4. The molecule has 0 spiro atoms. The second-order valence-corrected chi connectivity index (χ2v) is 7.07. The maximum atomic E-state index is 11.5. The maximum Gasteiger partial charge on any atom is 0.152 e. The quantitative estimate of drug-likeness (QED) is 0.785. The molecule has 100 valence electrons. The van der Waals surface area contributed by atoms with Crippen LogP contribution in [0.15, 0.2) is 6.33 Å². The van der Waals surface area contributed by atoms with Gasteiger partial charge in [0.05, 0.1) is 11.5 Å². The molecular weight excluding hydrogens is 274 g/mol. The summed E-state index contributed by atoms with van der Waals surface area (Å²) in [7, 11) is -1.03. The van der Waals surface area contributed by atoms with Crippen molar-refractivity contribution in [2.45, 2.75) is 25.8 Å². The van der Waals surface area contributed by atoms with Gasteiger partial charge in [-0.1, -0.05) is 18.5 Å². The number of halogens is 1. The molecule has 18 heavy (non-hydrogen) atoms. The monoisotopic (exact) mass is 289 g/mol. The fraction of sp³-hybridized carbons (Fsp3) is 0.636. The highest BCUT2D eigenvalue weighted by atomic mass is 35.5. The van der Waals surface area contributed by atoms with Gasteiger partial charge >= 0.3 is 0 Å². The standard InChI is InChI=1S/C11H16ClN3O2S/c1-3-9-10(12)13-7-14-11(9)15(2)8-4-5-18(16,17)6-8/h7-8H,3-6H2,1-2H3. The third-order valence-electron chi connectivity index (χ3n) is 3.31. The lowest BCUT2D eigenvalue weighted by atomic mass is 10.2. The van der Waals surface area contributed by atoms with E-state index in [9.17, 15) is 8.42 Å². The molecule has 1 aromatic heterocycles. The van der Waals surface area contributed by atoms with E-state index < -0.39 is 9.84 Å². The van der Waals surface area contributed by atoms with E-state index in [0.717, 1.165) is 17.8 Å². The van der Waals surface area contributed by atoms with Crippen LogP contribution in [0.25, 0.3) is 0 Å². The molecule has 7 heteroatoms. The first kappa shape index (κ1) is 13.5. The second-order valence-electron chi connectivity index (χ2n) is 4.49. The van der Waals surface area contributed by atoms with E-state index >= 15 is 0 Å². The summed E-state index contributed by atoms with van der Waals surface area (Å²) < 4.78 is 23.0. The van der Waals surface area contributed by atoms with Gasteiger partial charge in [0.1, 0.15) is 17.3 Å². The molecular formula is C11H16ClN3O2S. The number of hydrogen-bond acceptors (Lipinski definition) is 5. The van der Waals surface area contributed by atoms with Crippen molar-refractivity contribution >= 4 is 27.3 Å². The molecule has 1 aliphatic rings. The third kappa shape index (κ3) is 2.59. The van der Waals surface area contributed by atoms with Crippen molar-refractivity contribution in [3.05, 3.63) is 17.0 Å². The summed E-state index contributed by atoms with van der Waals surface area (Å²) in [5.41, 5.74) is 0.867. The Morgan fingerprint density at radius 2 is 2.22 bits per heavy atom. The highest BCUT2D eigenvalue weighted by Gasteiger charge is 2.32. The average Bonchev–Trinajstić information content (AvgIpc) is 2.68. The van der Waals surface area contributed by atoms with Gasteiger partial charge in [0.2, 0.25) is 0 Å². The van der Waals surface area contributed by atoms with Crippen molar-refractivity contribution in [3.63, 3.8) is 0 Å². The van der Waals surface area contributed by atoms with Gasteiger partial charge in [-0.15, -0.1) is 0 Å². The van der Waals surface area contributed by atoms with E-state index in [1.54, 1.807) is 0 Å². The Labute approximate surface area is 112 Å². The van der Waals surface area contributed by atoms with E-state index in [-0.39, 0.29) is 17.5 Å². The summed E-state index contributed by atoms with van der Waals surface area (Å²) in [5.74, 6) is 1.18. The van der Waals surface area contributed by atoms with Gasteiger partial charge in [-0.3, -0.25) is 0 Å². The van der Waals surface area contributed by atoms with Crippen LogP contribution >= 0.6 is 11.6 Å². The van der Waals surface area contributed by atoms with Crippen LogP contribution in [-0.2, 0) is 16.3 Å². The average molecular weight is 290 g/mol. The molecule has 1 unspecified atom stereocenters. The SMILES string of the molecule is CCc1c(Cl)ncnc1N(C)C1CCS(=O)(=O)C1. The zero-order chi connectivity index (χ0) is 13.3.